The second kappa shape index (κ2) is 15.0. The van der Waals surface area contributed by atoms with E-state index in [4.69, 9.17) is 24.4 Å². The molecule has 12 heteroatoms. The molecule has 1 aliphatic heterocycles. The Hall–Kier alpha value is -4.06. The summed E-state index contributed by atoms with van der Waals surface area (Å²) in [5, 5.41) is 15.6. The van der Waals surface area contributed by atoms with Crippen LogP contribution >= 0.6 is 0 Å². The van der Waals surface area contributed by atoms with Crippen molar-refractivity contribution >= 4 is 29.8 Å². The lowest BCUT2D eigenvalue weighted by Gasteiger charge is -2.34. The first kappa shape index (κ1) is 30.0. The van der Waals surface area contributed by atoms with E-state index in [9.17, 15) is 19.2 Å². The first-order valence-electron chi connectivity index (χ1n) is 10.9. The van der Waals surface area contributed by atoms with Crippen molar-refractivity contribution in [2.45, 2.75) is 0 Å². The number of carbonyl (C=O) groups is 4. The van der Waals surface area contributed by atoms with Gasteiger partial charge in [-0.2, -0.15) is 0 Å². The molecule has 0 bridgehead atoms. The zero-order chi connectivity index (χ0) is 27.3. The normalized spacial score (nSPS) is 13.6. The molecule has 2 amide bonds. The number of methoxy groups -OCH3 is 3. The molecule has 0 radical (unpaired) electrons. The van der Waals surface area contributed by atoms with Gasteiger partial charge in [0.25, 0.3) is 0 Å². The van der Waals surface area contributed by atoms with Crippen LogP contribution in [0.5, 0.6) is 17.2 Å². The van der Waals surface area contributed by atoms with E-state index in [1.807, 2.05) is 0 Å². The van der Waals surface area contributed by atoms with E-state index < -0.39 is 11.9 Å². The lowest BCUT2D eigenvalue weighted by molar-refractivity contribution is -0.134. The highest BCUT2D eigenvalue weighted by Gasteiger charge is 2.21. The van der Waals surface area contributed by atoms with Crippen LogP contribution in [0.2, 0.25) is 0 Å². The number of aliphatic carboxylic acids is 2. The van der Waals surface area contributed by atoms with Gasteiger partial charge in [0.1, 0.15) is 0 Å². The van der Waals surface area contributed by atoms with E-state index in [2.05, 4.69) is 4.90 Å². The van der Waals surface area contributed by atoms with E-state index in [-0.39, 0.29) is 11.8 Å². The Morgan fingerprint density at radius 2 is 1.36 bits per heavy atom. The lowest BCUT2D eigenvalue weighted by Crippen LogP contribution is -2.50. The topological polar surface area (TPSA) is 146 Å². The lowest BCUT2D eigenvalue weighted by atomic mass is 10.1. The van der Waals surface area contributed by atoms with Gasteiger partial charge in [-0.25, -0.2) is 9.59 Å². The maximum absolute atomic E-state index is 12.5. The van der Waals surface area contributed by atoms with Crippen molar-refractivity contribution < 1.29 is 43.6 Å². The fraction of sp³-hybridized carbons (Fsp3) is 0.417. The Morgan fingerprint density at radius 1 is 0.861 bits per heavy atom. The van der Waals surface area contributed by atoms with E-state index >= 15 is 0 Å². The summed E-state index contributed by atoms with van der Waals surface area (Å²) in [4.78, 5) is 48.8. The van der Waals surface area contributed by atoms with E-state index in [1.54, 1.807) is 69.5 Å². The number of amides is 2. The third-order valence-electron chi connectivity index (χ3n) is 5.02. The predicted molar refractivity (Wildman–Crippen MR) is 131 cm³/mol. The van der Waals surface area contributed by atoms with Gasteiger partial charge in [-0.15, -0.1) is 0 Å². The number of piperazine rings is 1. The summed E-state index contributed by atoms with van der Waals surface area (Å²) in [6, 6.07) is 3.58. The van der Waals surface area contributed by atoms with Gasteiger partial charge in [0.15, 0.2) is 11.5 Å². The Labute approximate surface area is 209 Å². The molecule has 2 N–H and O–H groups in total. The number of benzene rings is 1. The van der Waals surface area contributed by atoms with Crippen molar-refractivity contribution in [2.24, 2.45) is 0 Å². The molecule has 0 aromatic heterocycles. The minimum atomic E-state index is -1.26. The van der Waals surface area contributed by atoms with Crippen LogP contribution in [0.4, 0.5) is 0 Å². The monoisotopic (exact) mass is 507 g/mol. The zero-order valence-electron chi connectivity index (χ0n) is 21.1. The Balaban J connectivity index is 0.000000697. The molecule has 12 nitrogen and oxygen atoms in total. The summed E-state index contributed by atoms with van der Waals surface area (Å²) in [5.41, 5.74) is 0.776. The van der Waals surface area contributed by atoms with Crippen molar-refractivity contribution in [3.05, 3.63) is 35.9 Å². The van der Waals surface area contributed by atoms with Crippen LogP contribution in [0.15, 0.2) is 30.4 Å². The molecule has 0 unspecified atom stereocenters. The number of nitrogens with zero attached hydrogens (tertiary/aromatic N) is 3. The van der Waals surface area contributed by atoms with Gasteiger partial charge in [-0.05, 0) is 23.8 Å². The quantitative estimate of drug-likeness (QED) is 0.457. The number of carbonyl (C=O) groups excluding carboxylic acids is 2. The van der Waals surface area contributed by atoms with Crippen LogP contribution in [0.25, 0.3) is 6.08 Å². The van der Waals surface area contributed by atoms with Gasteiger partial charge in [0.05, 0.1) is 27.9 Å². The van der Waals surface area contributed by atoms with Gasteiger partial charge >= 0.3 is 11.9 Å². The molecule has 0 aliphatic carbocycles. The van der Waals surface area contributed by atoms with Crippen molar-refractivity contribution in [3.63, 3.8) is 0 Å². The third-order valence-corrected chi connectivity index (χ3v) is 5.02. The second-order valence-electron chi connectivity index (χ2n) is 7.69. The molecular formula is C24H33N3O9. The Bertz CT molecular complexity index is 940. The summed E-state index contributed by atoms with van der Waals surface area (Å²) in [6.07, 6.45) is 4.39. The van der Waals surface area contributed by atoms with E-state index in [0.717, 1.165) is 5.56 Å². The molecule has 0 spiro atoms. The molecule has 1 aromatic rings. The first-order chi connectivity index (χ1) is 17.0. The van der Waals surface area contributed by atoms with Gasteiger partial charge < -0.3 is 34.2 Å². The highest BCUT2D eigenvalue weighted by atomic mass is 16.5. The molecule has 1 fully saturated rings. The highest BCUT2D eigenvalue weighted by molar-refractivity contribution is 5.92. The molecule has 0 atom stereocenters. The Morgan fingerprint density at radius 3 is 1.75 bits per heavy atom. The number of ether oxygens (including phenoxy) is 3. The van der Waals surface area contributed by atoms with Crippen molar-refractivity contribution in [1.82, 2.24) is 14.7 Å². The summed E-state index contributed by atoms with van der Waals surface area (Å²) in [7, 11) is 8.14. The number of hydrogen-bond donors (Lipinski definition) is 2. The standard InChI is InChI=1S/C20H29N3O5.C4H4O4/c1-21(2)19(25)14-22-8-10-23(11-9-22)18(24)7-6-15-12-16(26-3)20(28-5)17(13-15)27-4;5-3(6)1-2-4(7)8/h6-7,12-13H,8-11,14H2,1-5H3;1-2H,(H,5,6)(H,7,8). The fourth-order valence-electron chi connectivity index (χ4n) is 3.07. The van der Waals surface area contributed by atoms with Crippen LogP contribution in [0, 0.1) is 0 Å². The zero-order valence-corrected chi connectivity index (χ0v) is 21.1. The summed E-state index contributed by atoms with van der Waals surface area (Å²) < 4.78 is 16.0. The summed E-state index contributed by atoms with van der Waals surface area (Å²) >= 11 is 0. The third kappa shape index (κ3) is 10.1. The Kier molecular flexibility index (Phi) is 12.5. The minimum absolute atomic E-state index is 0.0627. The van der Waals surface area contributed by atoms with E-state index in [1.165, 1.54) is 0 Å². The van der Waals surface area contributed by atoms with Gasteiger partial charge in [-0.1, -0.05) is 0 Å². The van der Waals surface area contributed by atoms with Crippen LogP contribution in [0.3, 0.4) is 0 Å². The minimum Gasteiger partial charge on any atom is -0.493 e. The largest absolute Gasteiger partial charge is 0.493 e. The van der Waals surface area contributed by atoms with E-state index in [0.29, 0.717) is 62.1 Å². The number of carboxylic acids is 2. The molecule has 0 saturated carbocycles. The van der Waals surface area contributed by atoms with Crippen LogP contribution in [0.1, 0.15) is 5.56 Å². The molecule has 1 aliphatic rings. The molecule has 198 valence electrons. The number of rotatable bonds is 9. The number of likely N-dealkylation sites (N-methyl/N-ethyl adjacent to an activating group) is 1. The molecule has 1 aromatic carbocycles. The maximum atomic E-state index is 12.5. The van der Waals surface area contributed by atoms with Gasteiger partial charge in [0, 0.05) is 58.5 Å². The summed E-state index contributed by atoms with van der Waals surface area (Å²) in [5.74, 6) is -0.924. The van der Waals surface area contributed by atoms with Crippen molar-refractivity contribution in [3.8, 4) is 17.2 Å². The first-order valence-corrected chi connectivity index (χ1v) is 10.9. The summed E-state index contributed by atoms with van der Waals surface area (Å²) in [6.45, 7) is 2.95. The van der Waals surface area contributed by atoms with Gasteiger partial charge in [0.2, 0.25) is 17.6 Å². The van der Waals surface area contributed by atoms with Crippen molar-refractivity contribution in [1.29, 1.82) is 0 Å². The van der Waals surface area contributed by atoms with Crippen LogP contribution in [-0.4, -0.2) is 117 Å². The molecule has 2 rings (SSSR count). The average Bonchev–Trinajstić information content (AvgIpc) is 2.85. The molecule has 1 saturated heterocycles. The smallest absolute Gasteiger partial charge is 0.328 e. The van der Waals surface area contributed by atoms with Crippen LogP contribution in [-0.2, 0) is 19.2 Å². The number of carboxylic acid groups (broad SMARTS) is 2. The SMILES string of the molecule is COc1cc(C=CC(=O)N2CCN(CC(=O)N(C)C)CC2)cc(OC)c1OC.O=C(O)C=CC(=O)O. The second-order valence-corrected chi connectivity index (χ2v) is 7.69. The van der Waals surface area contributed by atoms with Crippen LogP contribution < -0.4 is 14.2 Å². The predicted octanol–water partition coefficient (Wildman–Crippen LogP) is 0.670. The molecule has 1 heterocycles. The maximum Gasteiger partial charge on any atom is 0.328 e. The van der Waals surface area contributed by atoms with Crippen molar-refractivity contribution in [2.75, 3.05) is 68.1 Å². The number of hydrogen-bond acceptors (Lipinski definition) is 8. The molecular weight excluding hydrogens is 474 g/mol. The fourth-order valence-corrected chi connectivity index (χ4v) is 3.07. The average molecular weight is 508 g/mol. The highest BCUT2D eigenvalue weighted by Crippen LogP contribution is 2.38. The molecule has 36 heavy (non-hydrogen) atoms. The van der Waals surface area contributed by atoms with Gasteiger partial charge in [-0.3, -0.25) is 14.5 Å².